The third kappa shape index (κ3) is 7.13. The molecule has 0 saturated heterocycles. The smallest absolute Gasteiger partial charge is 0.244 e. The van der Waals surface area contributed by atoms with E-state index in [4.69, 9.17) is 9.25 Å². The fourth-order valence-corrected chi connectivity index (χ4v) is 4.02. The number of hydroxylamine groups is 1. The molecule has 1 aliphatic rings. The monoisotopic (exact) mass is 398 g/mol. The molecule has 1 atom stereocenters. The van der Waals surface area contributed by atoms with Gasteiger partial charge in [0.05, 0.1) is 6.61 Å². The van der Waals surface area contributed by atoms with E-state index in [1.54, 1.807) is 0 Å². The van der Waals surface area contributed by atoms with Crippen LogP contribution in [0, 0.1) is 5.92 Å². The van der Waals surface area contributed by atoms with Crippen LogP contribution in [0.2, 0.25) is 0 Å². The molecule has 6 nitrogen and oxygen atoms in total. The van der Waals surface area contributed by atoms with Gasteiger partial charge in [-0.05, 0) is 17.9 Å². The van der Waals surface area contributed by atoms with Gasteiger partial charge in [0.25, 0.3) is 0 Å². The topological polar surface area (TPSA) is 81.4 Å². The van der Waals surface area contributed by atoms with E-state index in [2.05, 4.69) is 10.5 Å². The third-order valence-electron chi connectivity index (χ3n) is 5.60. The number of oxazole rings is 1. The van der Waals surface area contributed by atoms with Crippen molar-refractivity contribution in [1.82, 2.24) is 10.5 Å². The van der Waals surface area contributed by atoms with Crippen molar-refractivity contribution in [2.45, 2.75) is 70.3 Å². The Bertz CT molecular complexity index is 753. The van der Waals surface area contributed by atoms with Crippen molar-refractivity contribution in [2.75, 3.05) is 0 Å². The first-order valence-corrected chi connectivity index (χ1v) is 10.6. The van der Waals surface area contributed by atoms with Crippen LogP contribution in [0.5, 0.6) is 0 Å². The van der Waals surface area contributed by atoms with Gasteiger partial charge < -0.3 is 4.42 Å². The van der Waals surface area contributed by atoms with E-state index in [-0.39, 0.29) is 23.9 Å². The van der Waals surface area contributed by atoms with Gasteiger partial charge in [0.2, 0.25) is 5.91 Å². The molecule has 6 heteroatoms. The summed E-state index contributed by atoms with van der Waals surface area (Å²) in [5.41, 5.74) is 3.76. The normalized spacial score (nSPS) is 15.7. The minimum Gasteiger partial charge on any atom is -0.448 e. The van der Waals surface area contributed by atoms with Crippen molar-refractivity contribution >= 4 is 12.2 Å². The average molecular weight is 399 g/mol. The van der Waals surface area contributed by atoms with Crippen LogP contribution >= 0.6 is 0 Å². The number of aldehydes is 1. The number of carbonyl (C=O) groups excluding carboxylic acids is 2. The Morgan fingerprint density at radius 1 is 1.24 bits per heavy atom. The van der Waals surface area contributed by atoms with Crippen LogP contribution < -0.4 is 5.48 Å². The zero-order chi connectivity index (χ0) is 20.3. The highest BCUT2D eigenvalue weighted by molar-refractivity contribution is 5.75. The molecule has 1 aromatic heterocycles. The second kappa shape index (κ2) is 11.5. The van der Waals surface area contributed by atoms with Crippen molar-refractivity contribution in [3.8, 4) is 0 Å². The molecule has 1 saturated carbocycles. The summed E-state index contributed by atoms with van der Waals surface area (Å²) in [4.78, 5) is 32.9. The predicted molar refractivity (Wildman–Crippen MR) is 109 cm³/mol. The van der Waals surface area contributed by atoms with Crippen molar-refractivity contribution in [3.63, 3.8) is 0 Å². The zero-order valence-corrected chi connectivity index (χ0v) is 16.8. The Balaban J connectivity index is 1.49. The molecule has 1 aromatic carbocycles. The number of amides is 1. The highest BCUT2D eigenvalue weighted by atomic mass is 16.6. The van der Waals surface area contributed by atoms with E-state index >= 15 is 0 Å². The number of aromatic nitrogens is 1. The minimum atomic E-state index is -0.213. The summed E-state index contributed by atoms with van der Waals surface area (Å²) in [5, 5.41) is 0. The fraction of sp³-hybridized carbons (Fsp3) is 0.522. The quantitative estimate of drug-likeness (QED) is 0.427. The maximum Gasteiger partial charge on any atom is 0.244 e. The molecule has 1 N–H and O–H groups in total. The first-order valence-electron chi connectivity index (χ1n) is 10.6. The van der Waals surface area contributed by atoms with Crippen molar-refractivity contribution < 1.29 is 18.8 Å². The van der Waals surface area contributed by atoms with Crippen molar-refractivity contribution in [2.24, 2.45) is 5.92 Å². The maximum atomic E-state index is 12.4. The molecule has 29 heavy (non-hydrogen) atoms. The molecule has 1 aliphatic carbocycles. The molecular formula is C23H30N2O4. The molecule has 1 fully saturated rings. The van der Waals surface area contributed by atoms with E-state index in [1.807, 2.05) is 30.3 Å². The number of nitrogens with one attached hydrogen (secondary N) is 1. The first-order chi connectivity index (χ1) is 14.2. The lowest BCUT2D eigenvalue weighted by molar-refractivity contribution is -0.135. The summed E-state index contributed by atoms with van der Waals surface area (Å²) < 4.78 is 5.47. The summed E-state index contributed by atoms with van der Waals surface area (Å²) in [5.74, 6) is 0.874. The van der Waals surface area contributed by atoms with Crippen LogP contribution in [0.3, 0.4) is 0 Å². The van der Waals surface area contributed by atoms with Gasteiger partial charge in [-0.25, -0.2) is 10.5 Å². The van der Waals surface area contributed by atoms with Crippen LogP contribution in [-0.2, 0) is 16.2 Å². The molecular weight excluding hydrogens is 368 g/mol. The van der Waals surface area contributed by atoms with Crippen LogP contribution in [0.25, 0.3) is 0 Å². The maximum absolute atomic E-state index is 12.4. The predicted octanol–water partition coefficient (Wildman–Crippen LogP) is 4.96. The average Bonchev–Trinajstić information content (AvgIpc) is 3.24. The summed E-state index contributed by atoms with van der Waals surface area (Å²) >= 11 is 0. The SMILES string of the molecule is O=Cc1coc([C@H](CCCC2CCCCC2)CC(=O)NOCc2ccccc2)n1. The molecule has 0 aliphatic heterocycles. The third-order valence-corrected chi connectivity index (χ3v) is 5.60. The van der Waals surface area contributed by atoms with E-state index in [1.165, 1.54) is 44.8 Å². The fourth-order valence-electron chi connectivity index (χ4n) is 4.02. The van der Waals surface area contributed by atoms with E-state index in [9.17, 15) is 9.59 Å². The molecule has 1 heterocycles. The first kappa shape index (κ1) is 21.2. The number of hydrogen-bond donors (Lipinski definition) is 1. The van der Waals surface area contributed by atoms with Gasteiger partial charge in [-0.2, -0.15) is 0 Å². The molecule has 0 radical (unpaired) electrons. The second-order valence-electron chi connectivity index (χ2n) is 7.86. The Hall–Kier alpha value is -2.47. The number of carbonyl (C=O) groups is 2. The Morgan fingerprint density at radius 2 is 2.03 bits per heavy atom. The van der Waals surface area contributed by atoms with Gasteiger partial charge in [-0.1, -0.05) is 75.3 Å². The highest BCUT2D eigenvalue weighted by Crippen LogP contribution is 2.31. The Morgan fingerprint density at radius 3 is 2.76 bits per heavy atom. The largest absolute Gasteiger partial charge is 0.448 e. The van der Waals surface area contributed by atoms with Crippen LogP contribution in [0.1, 0.15) is 85.6 Å². The summed E-state index contributed by atoms with van der Waals surface area (Å²) in [7, 11) is 0. The zero-order valence-electron chi connectivity index (χ0n) is 16.8. The summed E-state index contributed by atoms with van der Waals surface area (Å²) in [6.07, 6.45) is 11.9. The standard InChI is InChI=1S/C23H30N2O4/c26-15-21-17-28-23(24-21)20(13-7-12-18-8-3-1-4-9-18)14-22(27)25-29-16-19-10-5-2-6-11-19/h2,5-6,10-11,15,17-18,20H,1,3-4,7-9,12-14,16H2,(H,25,27)/t20-/m1/s1. The number of benzene rings is 1. The molecule has 156 valence electrons. The molecule has 3 rings (SSSR count). The molecule has 1 amide bonds. The lowest BCUT2D eigenvalue weighted by Crippen LogP contribution is -2.25. The van der Waals surface area contributed by atoms with Gasteiger partial charge in [-0.15, -0.1) is 0 Å². The van der Waals surface area contributed by atoms with Gasteiger partial charge >= 0.3 is 0 Å². The Kier molecular flexibility index (Phi) is 8.43. The molecule has 0 spiro atoms. The van der Waals surface area contributed by atoms with Gasteiger partial charge in [0.1, 0.15) is 12.0 Å². The Labute approximate surface area is 172 Å². The molecule has 0 bridgehead atoms. The van der Waals surface area contributed by atoms with Crippen LogP contribution in [0.4, 0.5) is 0 Å². The van der Waals surface area contributed by atoms with Gasteiger partial charge in [0.15, 0.2) is 12.2 Å². The van der Waals surface area contributed by atoms with Crippen molar-refractivity contribution in [3.05, 3.63) is 53.7 Å². The second-order valence-corrected chi connectivity index (χ2v) is 7.86. The number of hydrogen-bond acceptors (Lipinski definition) is 5. The van der Waals surface area contributed by atoms with Gasteiger partial charge in [-0.3, -0.25) is 14.4 Å². The number of rotatable bonds is 11. The van der Waals surface area contributed by atoms with E-state index < -0.39 is 0 Å². The van der Waals surface area contributed by atoms with Crippen LogP contribution in [0.15, 0.2) is 41.0 Å². The highest BCUT2D eigenvalue weighted by Gasteiger charge is 2.22. The lowest BCUT2D eigenvalue weighted by atomic mass is 9.84. The van der Waals surface area contributed by atoms with Crippen molar-refractivity contribution in [1.29, 1.82) is 0 Å². The molecule has 0 unspecified atom stereocenters. The van der Waals surface area contributed by atoms with E-state index in [0.29, 0.717) is 18.8 Å². The lowest BCUT2D eigenvalue weighted by Gasteiger charge is -2.22. The molecule has 2 aromatic rings. The minimum absolute atomic E-state index is 0.160. The van der Waals surface area contributed by atoms with Crippen LogP contribution in [-0.4, -0.2) is 17.2 Å². The van der Waals surface area contributed by atoms with Gasteiger partial charge in [0, 0.05) is 12.3 Å². The van der Waals surface area contributed by atoms with E-state index in [0.717, 1.165) is 24.3 Å². The summed E-state index contributed by atoms with van der Waals surface area (Å²) in [6, 6.07) is 9.66. The number of nitrogens with zero attached hydrogens (tertiary/aromatic N) is 1. The summed E-state index contributed by atoms with van der Waals surface area (Å²) in [6.45, 7) is 0.313.